The van der Waals surface area contributed by atoms with Crippen LogP contribution in [0.5, 0.6) is 0 Å². The third-order valence-corrected chi connectivity index (χ3v) is 3.70. The Balaban J connectivity index is 1.79. The average molecular weight is 254 g/mol. The molecule has 104 valence electrons. The summed E-state index contributed by atoms with van der Waals surface area (Å²) >= 11 is 0. The molecule has 2 N–H and O–H groups in total. The minimum absolute atomic E-state index is 0.0337. The number of nitrogens with one attached hydrogen (secondary N) is 2. The molecule has 1 aliphatic carbocycles. The van der Waals surface area contributed by atoms with E-state index >= 15 is 0 Å². The zero-order valence-electron chi connectivity index (χ0n) is 11.8. The SMILES string of the molecule is CC(C)(C)OC(=O)NC1(CC2CCCNC2)CC1. The van der Waals surface area contributed by atoms with Gasteiger partial charge in [-0.05, 0) is 71.9 Å². The maximum Gasteiger partial charge on any atom is 0.408 e. The Hall–Kier alpha value is -0.770. The van der Waals surface area contributed by atoms with Gasteiger partial charge in [0.2, 0.25) is 0 Å². The van der Waals surface area contributed by atoms with Crippen molar-refractivity contribution >= 4 is 6.09 Å². The third-order valence-electron chi connectivity index (χ3n) is 3.70. The van der Waals surface area contributed by atoms with E-state index in [1.807, 2.05) is 20.8 Å². The van der Waals surface area contributed by atoms with Gasteiger partial charge in [0.05, 0.1) is 0 Å². The van der Waals surface area contributed by atoms with Crippen LogP contribution in [0, 0.1) is 5.92 Å². The molecule has 1 atom stereocenters. The summed E-state index contributed by atoms with van der Waals surface area (Å²) in [6.45, 7) is 7.94. The Morgan fingerprint density at radius 2 is 2.17 bits per heavy atom. The number of piperidine rings is 1. The standard InChI is InChI=1S/C14H26N2O2/c1-13(2,3)18-12(17)16-14(6-7-14)9-11-5-4-8-15-10-11/h11,15H,4-10H2,1-3H3,(H,16,17). The van der Waals surface area contributed by atoms with Crippen LogP contribution < -0.4 is 10.6 Å². The van der Waals surface area contributed by atoms with Crippen LogP contribution in [0.15, 0.2) is 0 Å². The molecule has 1 aliphatic heterocycles. The van der Waals surface area contributed by atoms with Crippen LogP contribution in [-0.2, 0) is 4.74 Å². The number of hydrogen-bond acceptors (Lipinski definition) is 3. The maximum atomic E-state index is 11.8. The summed E-state index contributed by atoms with van der Waals surface area (Å²) in [6.07, 6.45) is 5.58. The molecule has 18 heavy (non-hydrogen) atoms. The van der Waals surface area contributed by atoms with Crippen molar-refractivity contribution in [3.05, 3.63) is 0 Å². The van der Waals surface area contributed by atoms with Crippen molar-refractivity contribution in [2.24, 2.45) is 5.92 Å². The second-order valence-electron chi connectivity index (χ2n) is 6.82. The number of rotatable bonds is 3. The molecule has 2 rings (SSSR count). The number of carbonyl (C=O) groups excluding carboxylic acids is 1. The summed E-state index contributed by atoms with van der Waals surface area (Å²) in [5.74, 6) is 0.705. The molecular weight excluding hydrogens is 228 g/mol. The van der Waals surface area contributed by atoms with E-state index in [4.69, 9.17) is 4.74 Å². The minimum atomic E-state index is -0.410. The molecule has 0 bridgehead atoms. The van der Waals surface area contributed by atoms with Crippen LogP contribution in [0.25, 0.3) is 0 Å². The van der Waals surface area contributed by atoms with E-state index in [0.717, 1.165) is 32.4 Å². The van der Waals surface area contributed by atoms with Crippen LogP contribution in [0.4, 0.5) is 4.79 Å². The normalized spacial score (nSPS) is 26.5. The molecule has 1 saturated heterocycles. The van der Waals surface area contributed by atoms with Crippen molar-refractivity contribution in [2.45, 2.75) is 64.0 Å². The summed E-state index contributed by atoms with van der Waals surface area (Å²) < 4.78 is 5.34. The van der Waals surface area contributed by atoms with Crippen LogP contribution in [0.2, 0.25) is 0 Å². The first-order chi connectivity index (χ1) is 8.39. The van der Waals surface area contributed by atoms with Crippen molar-refractivity contribution < 1.29 is 9.53 Å². The lowest BCUT2D eigenvalue weighted by atomic mass is 9.91. The van der Waals surface area contributed by atoms with Crippen LogP contribution in [0.1, 0.15) is 52.9 Å². The first kappa shape index (κ1) is 13.7. The summed E-state index contributed by atoms with van der Waals surface area (Å²) in [7, 11) is 0. The van der Waals surface area contributed by atoms with E-state index in [9.17, 15) is 4.79 Å². The van der Waals surface area contributed by atoms with Gasteiger partial charge >= 0.3 is 6.09 Å². The van der Waals surface area contributed by atoms with E-state index in [1.54, 1.807) is 0 Å². The largest absolute Gasteiger partial charge is 0.444 e. The van der Waals surface area contributed by atoms with E-state index in [0.29, 0.717) is 5.92 Å². The van der Waals surface area contributed by atoms with E-state index in [-0.39, 0.29) is 11.6 Å². The molecule has 1 saturated carbocycles. The molecule has 1 heterocycles. The Labute approximate surface area is 110 Å². The predicted molar refractivity (Wildman–Crippen MR) is 71.5 cm³/mol. The smallest absolute Gasteiger partial charge is 0.408 e. The van der Waals surface area contributed by atoms with Gasteiger partial charge in [0.25, 0.3) is 0 Å². The highest BCUT2D eigenvalue weighted by Gasteiger charge is 2.46. The Morgan fingerprint density at radius 1 is 1.44 bits per heavy atom. The van der Waals surface area contributed by atoms with E-state index in [1.165, 1.54) is 12.8 Å². The number of alkyl carbamates (subject to hydrolysis) is 1. The highest BCUT2D eigenvalue weighted by atomic mass is 16.6. The van der Waals surface area contributed by atoms with Gasteiger partial charge in [-0.25, -0.2) is 4.79 Å². The second-order valence-corrected chi connectivity index (χ2v) is 6.82. The maximum absolute atomic E-state index is 11.8. The lowest BCUT2D eigenvalue weighted by Gasteiger charge is -2.28. The Bertz CT molecular complexity index is 299. The van der Waals surface area contributed by atoms with Gasteiger partial charge in [0, 0.05) is 5.54 Å². The van der Waals surface area contributed by atoms with Crippen molar-refractivity contribution in [2.75, 3.05) is 13.1 Å². The zero-order valence-corrected chi connectivity index (χ0v) is 11.8. The number of ether oxygens (including phenoxy) is 1. The average Bonchev–Trinajstić information content (AvgIpc) is 2.95. The third kappa shape index (κ3) is 4.16. The quantitative estimate of drug-likeness (QED) is 0.813. The summed E-state index contributed by atoms with van der Waals surface area (Å²) in [5.41, 5.74) is -0.376. The van der Waals surface area contributed by atoms with Crippen molar-refractivity contribution in [3.63, 3.8) is 0 Å². The molecule has 4 nitrogen and oxygen atoms in total. The predicted octanol–water partition coefficient (Wildman–Crippen LogP) is 2.43. The lowest BCUT2D eigenvalue weighted by molar-refractivity contribution is 0.0486. The van der Waals surface area contributed by atoms with Crippen LogP contribution in [0.3, 0.4) is 0 Å². The molecule has 0 spiro atoms. The fraction of sp³-hybridized carbons (Fsp3) is 0.929. The van der Waals surface area contributed by atoms with Gasteiger partial charge in [0.15, 0.2) is 0 Å². The van der Waals surface area contributed by atoms with Crippen molar-refractivity contribution in [3.8, 4) is 0 Å². The molecule has 2 fully saturated rings. The molecule has 1 unspecified atom stereocenters. The van der Waals surface area contributed by atoms with Gasteiger partial charge in [-0.2, -0.15) is 0 Å². The van der Waals surface area contributed by atoms with E-state index in [2.05, 4.69) is 10.6 Å². The first-order valence-electron chi connectivity index (χ1n) is 7.10. The van der Waals surface area contributed by atoms with Gasteiger partial charge in [-0.1, -0.05) is 0 Å². The number of amides is 1. The highest BCUT2D eigenvalue weighted by molar-refractivity contribution is 5.69. The van der Waals surface area contributed by atoms with Gasteiger partial charge in [0.1, 0.15) is 5.60 Å². The highest BCUT2D eigenvalue weighted by Crippen LogP contribution is 2.42. The second kappa shape index (κ2) is 5.08. The van der Waals surface area contributed by atoms with Crippen LogP contribution >= 0.6 is 0 Å². The fourth-order valence-corrected chi connectivity index (χ4v) is 2.70. The molecule has 2 aliphatic rings. The molecule has 0 aromatic rings. The molecule has 0 aromatic heterocycles. The molecule has 0 radical (unpaired) electrons. The van der Waals surface area contributed by atoms with Crippen molar-refractivity contribution in [1.82, 2.24) is 10.6 Å². The number of hydrogen-bond donors (Lipinski definition) is 2. The van der Waals surface area contributed by atoms with Crippen molar-refractivity contribution in [1.29, 1.82) is 0 Å². The Kier molecular flexibility index (Phi) is 3.85. The monoisotopic (exact) mass is 254 g/mol. The fourth-order valence-electron chi connectivity index (χ4n) is 2.70. The summed E-state index contributed by atoms with van der Waals surface area (Å²) in [5, 5.41) is 6.52. The zero-order chi connectivity index (χ0) is 13.2. The Morgan fingerprint density at radius 3 is 2.67 bits per heavy atom. The lowest BCUT2D eigenvalue weighted by Crippen LogP contribution is -2.43. The van der Waals surface area contributed by atoms with E-state index < -0.39 is 5.60 Å². The topological polar surface area (TPSA) is 50.4 Å². The first-order valence-corrected chi connectivity index (χ1v) is 7.10. The van der Waals surface area contributed by atoms with Gasteiger partial charge in [-0.15, -0.1) is 0 Å². The molecule has 0 aromatic carbocycles. The van der Waals surface area contributed by atoms with Gasteiger partial charge < -0.3 is 15.4 Å². The molecule has 1 amide bonds. The molecular formula is C14H26N2O2. The summed E-state index contributed by atoms with van der Waals surface area (Å²) in [4.78, 5) is 11.8. The molecule has 4 heteroatoms. The minimum Gasteiger partial charge on any atom is -0.444 e. The van der Waals surface area contributed by atoms with Gasteiger partial charge in [-0.3, -0.25) is 0 Å². The van der Waals surface area contributed by atoms with Crippen LogP contribution in [-0.4, -0.2) is 30.3 Å². The number of carbonyl (C=O) groups is 1. The summed E-state index contributed by atoms with van der Waals surface area (Å²) in [6, 6.07) is 0.